The Labute approximate surface area is 632 Å². The zero-order valence-electron chi connectivity index (χ0n) is 65.4. The van der Waals surface area contributed by atoms with Crippen molar-refractivity contribution in [2.75, 3.05) is 39.6 Å². The second-order valence-electron chi connectivity index (χ2n) is 27.0. The lowest BCUT2D eigenvalue weighted by Crippen LogP contribution is -2.30. The van der Waals surface area contributed by atoms with Crippen LogP contribution in [-0.4, -0.2) is 96.7 Å². The standard InChI is InChI=1S/C85H146O17P2/c1-5-9-13-17-21-25-29-33-37-38-39-40-44-46-50-54-58-62-66-70-83(88)96-76-81(102-85(90)72-68-64-60-56-52-48-43-36-32-28-24-20-16-12-8-4)78-100-104(93,94)98-74-79(86)73-97-103(91,92)99-77-80(101-84(89)71-67-63-59-55-51-47-42-35-31-27-23-19-15-11-7-3)75-95-82(87)69-65-61-57-53-49-45-41-34-30-26-22-18-14-10-6-2/h9,12-13,16,21-22,24-26,28,33-34,36-37,39-41,43,52,56,79-81,86H,5-8,10-11,14-15,17-20,23,27,29-32,35,38,42,44-51,53-55,57-78H2,1-4H3,(H,91,92)(H,93,94)/b13-9-,16-12-,25-21-,26-22-,28-24-,37-33-,40-39-,41-34-,43-36-,56-52-. The number of unbranched alkanes of at least 4 members (excludes halogenated alkanes) is 30. The molecule has 0 aromatic rings. The molecule has 0 aliphatic heterocycles. The Balaban J connectivity index is 5.40. The zero-order chi connectivity index (χ0) is 76.0. The number of carbonyl (C=O) groups excluding carboxylic acids is 4. The summed E-state index contributed by atoms with van der Waals surface area (Å²) in [6.07, 6.45) is 84.6. The molecule has 0 aromatic heterocycles. The summed E-state index contributed by atoms with van der Waals surface area (Å²) >= 11 is 0. The van der Waals surface area contributed by atoms with E-state index in [2.05, 4.69) is 149 Å². The van der Waals surface area contributed by atoms with E-state index in [1.165, 1.54) is 83.5 Å². The van der Waals surface area contributed by atoms with Gasteiger partial charge in [0.2, 0.25) is 0 Å². The van der Waals surface area contributed by atoms with Crippen molar-refractivity contribution in [1.82, 2.24) is 0 Å². The molecule has 0 rings (SSSR count). The first-order valence-corrected chi connectivity index (χ1v) is 43.8. The third kappa shape index (κ3) is 75.7. The molecule has 0 spiro atoms. The Morgan fingerprint density at radius 1 is 0.279 bits per heavy atom. The van der Waals surface area contributed by atoms with Crippen LogP contribution in [-0.2, 0) is 65.4 Å². The highest BCUT2D eigenvalue weighted by Gasteiger charge is 2.30. The molecule has 0 fully saturated rings. The molecule has 0 aliphatic rings. The highest BCUT2D eigenvalue weighted by molar-refractivity contribution is 7.47. The summed E-state index contributed by atoms with van der Waals surface area (Å²) in [5.74, 6) is -2.24. The predicted octanol–water partition coefficient (Wildman–Crippen LogP) is 23.9. The number of aliphatic hydroxyl groups is 1. The Kier molecular flexibility index (Phi) is 73.3. The molecular weight excluding hydrogens is 1350 g/mol. The van der Waals surface area contributed by atoms with Crippen LogP contribution in [0.15, 0.2) is 122 Å². The van der Waals surface area contributed by atoms with Gasteiger partial charge in [-0.3, -0.25) is 37.3 Å². The first-order chi connectivity index (χ1) is 50.7. The van der Waals surface area contributed by atoms with Gasteiger partial charge in [-0.1, -0.05) is 297 Å². The number of phosphoric acid groups is 2. The number of esters is 4. The molecule has 19 heteroatoms. The predicted molar refractivity (Wildman–Crippen MR) is 427 cm³/mol. The van der Waals surface area contributed by atoms with Gasteiger partial charge in [-0.05, 0) is 135 Å². The molecule has 0 aromatic carbocycles. The highest BCUT2D eigenvalue weighted by Crippen LogP contribution is 2.45. The van der Waals surface area contributed by atoms with Crippen LogP contribution >= 0.6 is 15.6 Å². The van der Waals surface area contributed by atoms with E-state index in [9.17, 15) is 43.2 Å². The molecule has 0 bridgehead atoms. The summed E-state index contributed by atoms with van der Waals surface area (Å²) in [7, 11) is -9.98. The number of phosphoric ester groups is 2. The quantitative estimate of drug-likeness (QED) is 0.0169. The van der Waals surface area contributed by atoms with E-state index in [-0.39, 0.29) is 25.7 Å². The van der Waals surface area contributed by atoms with E-state index in [4.69, 9.17) is 37.0 Å². The van der Waals surface area contributed by atoms with Gasteiger partial charge >= 0.3 is 39.5 Å². The molecule has 0 saturated heterocycles. The number of hydrogen-bond donors (Lipinski definition) is 3. The SMILES string of the molecule is CC/C=C\C/C=C\C/C=C\C/C=C\CCCCCCCCC(=O)OCC(COP(=O)(O)OCC(O)COP(=O)(O)OCC(COC(=O)CCCCCCC/C=C\C/C=C\CCCCC)OC(=O)CCCCCCCCCCCCCCCCC)OC(=O)CCCC/C=C\C/C=C\C/C=C\C/C=C\CC. The van der Waals surface area contributed by atoms with Gasteiger partial charge in [-0.25, -0.2) is 9.13 Å². The normalized spacial score (nSPS) is 14.5. The summed E-state index contributed by atoms with van der Waals surface area (Å²) in [5, 5.41) is 10.6. The smallest absolute Gasteiger partial charge is 0.462 e. The van der Waals surface area contributed by atoms with E-state index < -0.39 is 97.5 Å². The Bertz CT molecular complexity index is 2440. The first-order valence-electron chi connectivity index (χ1n) is 40.8. The molecule has 0 heterocycles. The van der Waals surface area contributed by atoms with E-state index in [0.29, 0.717) is 32.1 Å². The number of aliphatic hydroxyl groups excluding tert-OH is 1. The third-order valence-electron chi connectivity index (χ3n) is 16.9. The molecule has 3 N–H and O–H groups in total. The third-order valence-corrected chi connectivity index (χ3v) is 18.8. The van der Waals surface area contributed by atoms with Crippen LogP contribution in [0.1, 0.15) is 336 Å². The van der Waals surface area contributed by atoms with Crippen LogP contribution < -0.4 is 0 Å². The number of carbonyl (C=O) groups is 4. The lowest BCUT2D eigenvalue weighted by Gasteiger charge is -2.21. The minimum absolute atomic E-state index is 0.0371. The van der Waals surface area contributed by atoms with Gasteiger partial charge in [0.25, 0.3) is 0 Å². The van der Waals surface area contributed by atoms with Gasteiger partial charge in [-0.2, -0.15) is 0 Å². The Morgan fingerprint density at radius 3 is 0.808 bits per heavy atom. The second-order valence-corrected chi connectivity index (χ2v) is 29.9. The maximum atomic E-state index is 13.1. The molecule has 0 saturated carbocycles. The molecule has 5 atom stereocenters. The minimum atomic E-state index is -4.99. The van der Waals surface area contributed by atoms with Crippen LogP contribution in [0.3, 0.4) is 0 Å². The van der Waals surface area contributed by atoms with Crippen LogP contribution in [0.5, 0.6) is 0 Å². The lowest BCUT2D eigenvalue weighted by molar-refractivity contribution is -0.161. The fourth-order valence-corrected chi connectivity index (χ4v) is 12.3. The zero-order valence-corrected chi connectivity index (χ0v) is 67.2. The first kappa shape index (κ1) is 99.5. The fraction of sp³-hybridized carbons (Fsp3) is 0.718. The maximum Gasteiger partial charge on any atom is 0.472 e. The van der Waals surface area contributed by atoms with Crippen LogP contribution in [0.4, 0.5) is 0 Å². The molecular formula is C85H146O17P2. The maximum absolute atomic E-state index is 13.1. The summed E-state index contributed by atoms with van der Waals surface area (Å²) in [6.45, 7) is 4.58. The molecule has 598 valence electrons. The van der Waals surface area contributed by atoms with Crippen molar-refractivity contribution >= 4 is 39.5 Å². The average molecular weight is 1500 g/mol. The molecule has 0 amide bonds. The van der Waals surface area contributed by atoms with E-state index in [0.717, 1.165) is 167 Å². The summed E-state index contributed by atoms with van der Waals surface area (Å²) in [5.41, 5.74) is 0. The summed E-state index contributed by atoms with van der Waals surface area (Å²) in [6, 6.07) is 0. The number of hydrogen-bond acceptors (Lipinski definition) is 15. The van der Waals surface area contributed by atoms with Crippen molar-refractivity contribution in [1.29, 1.82) is 0 Å². The highest BCUT2D eigenvalue weighted by atomic mass is 31.2. The number of ether oxygens (including phenoxy) is 4. The van der Waals surface area contributed by atoms with Crippen molar-refractivity contribution < 1.29 is 80.2 Å². The molecule has 104 heavy (non-hydrogen) atoms. The van der Waals surface area contributed by atoms with Crippen molar-refractivity contribution in [2.45, 2.75) is 354 Å². The largest absolute Gasteiger partial charge is 0.472 e. The van der Waals surface area contributed by atoms with E-state index in [1.807, 2.05) is 0 Å². The van der Waals surface area contributed by atoms with E-state index >= 15 is 0 Å². The van der Waals surface area contributed by atoms with Crippen LogP contribution in [0, 0.1) is 0 Å². The topological polar surface area (TPSA) is 237 Å². The lowest BCUT2D eigenvalue weighted by atomic mass is 10.0. The van der Waals surface area contributed by atoms with Gasteiger partial charge in [0.15, 0.2) is 12.2 Å². The fourth-order valence-electron chi connectivity index (χ4n) is 10.8. The van der Waals surface area contributed by atoms with Gasteiger partial charge in [0, 0.05) is 25.7 Å². The monoisotopic (exact) mass is 1500 g/mol. The average Bonchev–Trinajstić information content (AvgIpc) is 0.918. The number of allylic oxidation sites excluding steroid dienone is 20. The van der Waals surface area contributed by atoms with E-state index in [1.54, 1.807) is 0 Å². The Hall–Kier alpha value is -4.54. The van der Waals surface area contributed by atoms with Crippen molar-refractivity contribution in [3.05, 3.63) is 122 Å². The van der Waals surface area contributed by atoms with Crippen molar-refractivity contribution in [3.63, 3.8) is 0 Å². The molecule has 17 nitrogen and oxygen atoms in total. The van der Waals surface area contributed by atoms with Gasteiger partial charge in [0.05, 0.1) is 26.4 Å². The summed E-state index contributed by atoms with van der Waals surface area (Å²) in [4.78, 5) is 73.1. The van der Waals surface area contributed by atoms with Gasteiger partial charge in [0.1, 0.15) is 19.3 Å². The molecule has 0 aliphatic carbocycles. The Morgan fingerprint density at radius 2 is 0.500 bits per heavy atom. The number of rotatable bonds is 76. The van der Waals surface area contributed by atoms with Crippen molar-refractivity contribution in [2.24, 2.45) is 0 Å². The van der Waals surface area contributed by atoms with Gasteiger partial charge in [-0.15, -0.1) is 0 Å². The molecule has 5 unspecified atom stereocenters. The minimum Gasteiger partial charge on any atom is -0.462 e. The van der Waals surface area contributed by atoms with Crippen molar-refractivity contribution in [3.8, 4) is 0 Å². The summed E-state index contributed by atoms with van der Waals surface area (Å²) < 4.78 is 68.6. The molecule has 0 radical (unpaired) electrons. The second kappa shape index (κ2) is 76.6. The van der Waals surface area contributed by atoms with Gasteiger partial charge < -0.3 is 33.8 Å². The van der Waals surface area contributed by atoms with Crippen LogP contribution in [0.2, 0.25) is 0 Å². The van der Waals surface area contributed by atoms with Crippen LogP contribution in [0.25, 0.3) is 0 Å².